The van der Waals surface area contributed by atoms with Gasteiger partial charge in [0.1, 0.15) is 22.3 Å². The Hall–Kier alpha value is -13.8. The molecule has 1 aliphatic carbocycles. The average molecular weight is 1410 g/mol. The molecule has 0 N–H and O–H groups in total. The first-order valence-corrected chi connectivity index (χ1v) is 39.6. The van der Waals surface area contributed by atoms with Crippen molar-refractivity contribution in [2.75, 3.05) is 9.80 Å². The molecule has 0 aliphatic heterocycles. The molecule has 0 unspecified atom stereocenters. The van der Waals surface area contributed by atoms with Gasteiger partial charge in [-0.05, 0) is 213 Å². The van der Waals surface area contributed by atoms with Crippen LogP contribution in [-0.2, 0) is 5.41 Å². The number of rotatable bonds is 14. The highest BCUT2D eigenvalue weighted by Crippen LogP contribution is 2.61. The Morgan fingerprint density at radius 2 is 0.642 bits per heavy atom. The summed E-state index contributed by atoms with van der Waals surface area (Å²) in [6.45, 7) is 2.15. The lowest BCUT2D eigenvalue weighted by Gasteiger charge is -2.36. The van der Waals surface area contributed by atoms with Crippen molar-refractivity contribution in [3.8, 4) is 33.4 Å². The minimum Gasteiger partial charge on any atom is -0.456 e. The number of fused-ring (bicyclic) bond motifs is 13. The quantitative estimate of drug-likeness (QED) is 0.0802. The topological polar surface area (TPSA) is 32.8 Å². The van der Waals surface area contributed by atoms with E-state index in [1.54, 1.807) is 0 Å². The Morgan fingerprint density at radius 1 is 0.248 bits per heavy atom. The highest BCUT2D eigenvalue weighted by molar-refractivity contribution is 7.20. The number of benzene rings is 18. The first kappa shape index (κ1) is 63.6. The summed E-state index contributed by atoms with van der Waals surface area (Å²) in [4.78, 5) is 4.97. The Balaban J connectivity index is 0.770. The van der Waals surface area contributed by atoms with Gasteiger partial charge in [0.05, 0.1) is 11.1 Å². The van der Waals surface area contributed by atoms with Crippen LogP contribution in [0.5, 0.6) is 0 Å². The highest BCUT2D eigenvalue weighted by Gasteiger charge is 2.48. The van der Waals surface area contributed by atoms with Crippen molar-refractivity contribution < 1.29 is 8.83 Å². The number of hydrogen-bond acceptors (Lipinski definition) is 4. The third kappa shape index (κ3) is 10.3. The molecule has 1 aliphatic rings. The van der Waals surface area contributed by atoms with Crippen LogP contribution in [0.3, 0.4) is 0 Å². The molecule has 0 bridgehead atoms. The predicted molar refractivity (Wildman–Crippen MR) is 459 cm³/mol. The molecule has 18 aromatic carbocycles. The lowest BCUT2D eigenvalue weighted by molar-refractivity contribution is 0.668. The molecule has 0 atom stereocenters. The van der Waals surface area contributed by atoms with Crippen molar-refractivity contribution in [1.82, 2.24) is 0 Å². The Morgan fingerprint density at radius 3 is 1.18 bits per heavy atom. The van der Waals surface area contributed by atoms with E-state index in [9.17, 15) is 0 Å². The second kappa shape index (κ2) is 25.7. The molecule has 0 radical (unpaired) electrons. The van der Waals surface area contributed by atoms with E-state index in [0.29, 0.717) is 0 Å². The van der Waals surface area contributed by atoms with E-state index < -0.39 is 13.5 Å². The predicted octanol–water partition coefficient (Wildman–Crippen LogP) is 25.3. The number of hydrogen-bond donors (Lipinski definition) is 0. The molecule has 20 aromatic rings. The zero-order valence-electron chi connectivity index (χ0n) is 59.9. The van der Waals surface area contributed by atoms with Crippen LogP contribution in [0.2, 0.25) is 0 Å². The fourth-order valence-electron chi connectivity index (χ4n) is 18.1. The van der Waals surface area contributed by atoms with Crippen LogP contribution >= 0.6 is 0 Å². The lowest BCUT2D eigenvalue weighted by Crippen LogP contribution is -2.74. The van der Waals surface area contributed by atoms with Gasteiger partial charge in [0.15, 0.2) is 8.07 Å². The molecule has 0 fully saturated rings. The number of aryl methyl sites for hydroxylation is 1. The maximum absolute atomic E-state index is 6.93. The highest BCUT2D eigenvalue weighted by atomic mass is 28.3. The lowest BCUT2D eigenvalue weighted by atomic mass is 9.67. The summed E-state index contributed by atoms with van der Waals surface area (Å²) >= 11 is 0. The van der Waals surface area contributed by atoms with Gasteiger partial charge in [-0.2, -0.15) is 0 Å². The maximum atomic E-state index is 6.93. The van der Waals surface area contributed by atoms with Gasteiger partial charge >= 0.3 is 0 Å². The zero-order chi connectivity index (χ0) is 72.2. The van der Waals surface area contributed by atoms with E-state index in [2.05, 4.69) is 423 Å². The molecule has 109 heavy (non-hydrogen) atoms. The van der Waals surface area contributed by atoms with Crippen molar-refractivity contribution >= 4 is 139 Å². The molecule has 0 amide bonds. The second-order valence-electron chi connectivity index (χ2n) is 29.1. The smallest absolute Gasteiger partial charge is 0.179 e. The molecule has 5 heteroatoms. The molecule has 0 saturated heterocycles. The van der Waals surface area contributed by atoms with Crippen molar-refractivity contribution in [1.29, 1.82) is 0 Å². The van der Waals surface area contributed by atoms with Crippen LogP contribution in [-0.4, -0.2) is 8.07 Å². The summed E-state index contributed by atoms with van der Waals surface area (Å²) in [7, 11) is -2.84. The number of furan rings is 2. The zero-order valence-corrected chi connectivity index (χ0v) is 60.9. The summed E-state index contributed by atoms with van der Waals surface area (Å²) < 4.78 is 13.6. The van der Waals surface area contributed by atoms with Gasteiger partial charge in [-0.3, -0.25) is 0 Å². The van der Waals surface area contributed by atoms with Crippen molar-refractivity contribution in [2.24, 2.45) is 0 Å². The first-order valence-electron chi connectivity index (χ1n) is 37.6. The number of anilines is 6. The van der Waals surface area contributed by atoms with Crippen molar-refractivity contribution in [3.63, 3.8) is 0 Å². The van der Waals surface area contributed by atoms with Crippen molar-refractivity contribution in [2.45, 2.75) is 12.3 Å². The average Bonchev–Trinajstić information content (AvgIpc) is 1.52. The van der Waals surface area contributed by atoms with Crippen LogP contribution < -0.4 is 30.5 Å². The Kier molecular flexibility index (Phi) is 15.0. The summed E-state index contributed by atoms with van der Waals surface area (Å²) in [5.41, 5.74) is 21.7. The molecule has 0 saturated carbocycles. The normalized spacial score (nSPS) is 12.5. The minimum absolute atomic E-state index is 0.826. The van der Waals surface area contributed by atoms with Crippen molar-refractivity contribution in [3.05, 3.63) is 434 Å². The Labute approximate surface area is 633 Å². The molecule has 2 aromatic heterocycles. The summed E-state index contributed by atoms with van der Waals surface area (Å²) in [6, 6.07) is 151. The maximum Gasteiger partial charge on any atom is 0.179 e. The standard InChI is InChI=1S/C104H70N2O2Si/c1-69-25-23-30-72(59-69)76-47-55-99-92(63-76)94-65-82(52-57-101(94)107-99)105(80-49-45-70-26-17-19-28-73(70)60-80)84-51-54-91-96(67-84)104(78-32-7-2-8-33-78,79-34-9-3-10-35-79)97-68-98(89-43-21-22-44-90(89)103(91)97)106(81-50-46-71-27-18-20-29-74(71)61-81)83-53-58-102-95(66-83)93-64-77(48-56-100(93)108-102)75-31-24-42-88(62-75)109(85-36-11-4-12-37-85,86-38-13-5-14-39-86)87-40-15-6-16-41-87/h2-68H,1H3. The van der Waals surface area contributed by atoms with E-state index in [1.807, 2.05) is 0 Å². The molecule has 4 nitrogen and oxygen atoms in total. The molecule has 2 heterocycles. The van der Waals surface area contributed by atoms with E-state index in [-0.39, 0.29) is 0 Å². The van der Waals surface area contributed by atoms with Crippen LogP contribution in [0.1, 0.15) is 27.8 Å². The fraction of sp³-hybridized carbons (Fsp3) is 0.0192. The van der Waals surface area contributed by atoms with Crippen LogP contribution in [0.4, 0.5) is 34.1 Å². The summed E-state index contributed by atoms with van der Waals surface area (Å²) in [5, 5.41) is 16.5. The third-order valence-electron chi connectivity index (χ3n) is 23.0. The SMILES string of the molecule is Cc1cccc(-c2ccc3oc4ccc(N(c5ccc6c(c5)C(c5ccccc5)(c5ccccc5)c5cc(N(c7ccc8ccccc8c7)c7ccc8oc9ccc(-c%10cccc([Si](c%11ccccc%11)(c%11ccccc%11)c%11ccccc%11)c%10)cc9c8c7)c7ccccc7c5-6)c5ccc6ccccc6c5)cc4c3c2)c1. The van der Waals surface area contributed by atoms with Gasteiger partial charge in [0.2, 0.25) is 0 Å². The first-order chi connectivity index (χ1) is 53.9. The van der Waals surface area contributed by atoms with Gasteiger partial charge in [-0.15, -0.1) is 0 Å². The molecular formula is C104H70N2O2Si. The minimum atomic E-state index is -2.84. The van der Waals surface area contributed by atoms with Gasteiger partial charge in [0, 0.05) is 55.4 Å². The van der Waals surface area contributed by atoms with E-state index in [4.69, 9.17) is 8.83 Å². The van der Waals surface area contributed by atoms with Gasteiger partial charge in [-0.25, -0.2) is 0 Å². The Bertz CT molecular complexity index is 6810. The fourth-order valence-corrected chi connectivity index (χ4v) is 22.9. The van der Waals surface area contributed by atoms with E-state index in [1.165, 1.54) is 76.0 Å². The van der Waals surface area contributed by atoms with Crippen LogP contribution in [0.15, 0.2) is 415 Å². The van der Waals surface area contributed by atoms with Gasteiger partial charge < -0.3 is 18.6 Å². The molecule has 512 valence electrons. The van der Waals surface area contributed by atoms with Crippen LogP contribution in [0.25, 0.3) is 110 Å². The van der Waals surface area contributed by atoms with Gasteiger partial charge in [0.25, 0.3) is 0 Å². The summed E-state index contributed by atoms with van der Waals surface area (Å²) in [6.07, 6.45) is 0. The molecule has 21 rings (SSSR count). The summed E-state index contributed by atoms with van der Waals surface area (Å²) in [5.74, 6) is 0. The van der Waals surface area contributed by atoms with E-state index >= 15 is 0 Å². The number of nitrogens with zero attached hydrogens (tertiary/aromatic N) is 2. The van der Waals surface area contributed by atoms with Crippen LogP contribution in [0, 0.1) is 6.92 Å². The van der Waals surface area contributed by atoms with E-state index in [0.717, 1.165) is 116 Å². The van der Waals surface area contributed by atoms with Gasteiger partial charge in [-0.1, -0.05) is 309 Å². The largest absolute Gasteiger partial charge is 0.456 e. The third-order valence-corrected chi connectivity index (χ3v) is 27.8. The monoisotopic (exact) mass is 1410 g/mol. The second-order valence-corrected chi connectivity index (χ2v) is 32.9. The molecule has 0 spiro atoms. The molecular weight excluding hydrogens is 1340 g/mol.